The van der Waals surface area contributed by atoms with Gasteiger partial charge in [-0.1, -0.05) is 24.3 Å². The fourth-order valence-corrected chi connectivity index (χ4v) is 4.15. The molecule has 2 aromatic rings. The van der Waals surface area contributed by atoms with E-state index in [0.717, 1.165) is 19.3 Å². The largest absolute Gasteiger partial charge is 0.469 e. The average molecular weight is 341 g/mol. The molecule has 1 aliphatic heterocycles. The first kappa shape index (κ1) is 16.1. The van der Waals surface area contributed by atoms with E-state index in [1.54, 1.807) is 24.3 Å². The molecule has 5 heteroatoms. The van der Waals surface area contributed by atoms with Crippen LogP contribution < -0.4 is 0 Å². The Morgan fingerprint density at radius 2 is 1.80 bits per heavy atom. The quantitative estimate of drug-likeness (QED) is 0.787. The van der Waals surface area contributed by atoms with Gasteiger partial charge in [-0.25, -0.2) is 4.39 Å². The molecule has 25 heavy (non-hydrogen) atoms. The molecule has 4 nitrogen and oxygen atoms in total. The van der Waals surface area contributed by atoms with Gasteiger partial charge in [0.05, 0.1) is 13.0 Å². The van der Waals surface area contributed by atoms with Crippen LogP contribution in [0, 0.1) is 17.2 Å². The molecule has 1 amide bonds. The molecule has 1 heterocycles. The second-order valence-corrected chi connectivity index (χ2v) is 7.07. The van der Waals surface area contributed by atoms with Crippen LogP contribution in [-0.4, -0.2) is 37.0 Å². The van der Waals surface area contributed by atoms with Gasteiger partial charge in [0.25, 0.3) is 5.91 Å². The summed E-state index contributed by atoms with van der Waals surface area (Å²) in [6.07, 6.45) is 2.50. The number of amides is 1. The van der Waals surface area contributed by atoms with Crippen molar-refractivity contribution in [3.63, 3.8) is 0 Å². The number of fused-ring (bicyclic) bond motifs is 1. The minimum atomic E-state index is -0.316. The van der Waals surface area contributed by atoms with Gasteiger partial charge >= 0.3 is 5.97 Å². The lowest BCUT2D eigenvalue weighted by Gasteiger charge is -2.33. The van der Waals surface area contributed by atoms with Crippen molar-refractivity contribution in [3.8, 4) is 0 Å². The molecular weight excluding hydrogens is 321 g/mol. The van der Waals surface area contributed by atoms with E-state index < -0.39 is 0 Å². The van der Waals surface area contributed by atoms with Crippen LogP contribution >= 0.6 is 0 Å². The highest BCUT2D eigenvalue weighted by Gasteiger charge is 2.59. The summed E-state index contributed by atoms with van der Waals surface area (Å²) in [5.74, 6) is -0.532. The Balaban J connectivity index is 1.52. The highest BCUT2D eigenvalue weighted by atomic mass is 19.1. The maximum atomic E-state index is 14.0. The molecule has 2 aromatic carbocycles. The monoisotopic (exact) mass is 341 g/mol. The smallest absolute Gasteiger partial charge is 0.309 e. The van der Waals surface area contributed by atoms with Crippen molar-refractivity contribution in [2.24, 2.45) is 11.3 Å². The summed E-state index contributed by atoms with van der Waals surface area (Å²) in [6.45, 7) is 1.25. The zero-order valence-corrected chi connectivity index (χ0v) is 14.1. The van der Waals surface area contributed by atoms with Crippen molar-refractivity contribution in [1.82, 2.24) is 4.90 Å². The van der Waals surface area contributed by atoms with Crippen molar-refractivity contribution in [3.05, 3.63) is 47.8 Å². The third kappa shape index (κ3) is 2.58. The number of benzene rings is 2. The van der Waals surface area contributed by atoms with Crippen molar-refractivity contribution < 1.29 is 18.7 Å². The topological polar surface area (TPSA) is 46.6 Å². The maximum absolute atomic E-state index is 14.0. The summed E-state index contributed by atoms with van der Waals surface area (Å²) in [5, 5.41) is 1.11. The van der Waals surface area contributed by atoms with Gasteiger partial charge < -0.3 is 9.64 Å². The number of carbonyl (C=O) groups excluding carboxylic acids is 2. The van der Waals surface area contributed by atoms with Gasteiger partial charge in [-0.2, -0.15) is 0 Å². The number of rotatable bonds is 2. The average Bonchev–Trinajstić information content (AvgIpc) is 3.35. The lowest BCUT2D eigenvalue weighted by Crippen LogP contribution is -2.40. The fraction of sp³-hybridized carbons (Fsp3) is 0.400. The predicted molar refractivity (Wildman–Crippen MR) is 91.6 cm³/mol. The molecule has 0 aromatic heterocycles. The van der Waals surface area contributed by atoms with Crippen LogP contribution in [0.25, 0.3) is 10.8 Å². The number of methoxy groups -OCH3 is 1. The number of likely N-dealkylation sites (tertiary alicyclic amines) is 1. The molecule has 0 bridgehead atoms. The Morgan fingerprint density at radius 1 is 1.12 bits per heavy atom. The molecule has 0 radical (unpaired) electrons. The SMILES string of the molecule is COC(=O)[C@H]1CC12CCN(C(=O)c1ccc(F)c3ccccc13)CC2. The van der Waals surface area contributed by atoms with E-state index in [0.29, 0.717) is 29.4 Å². The number of piperidine rings is 1. The first-order valence-electron chi connectivity index (χ1n) is 8.60. The summed E-state index contributed by atoms with van der Waals surface area (Å²) < 4.78 is 18.8. The van der Waals surface area contributed by atoms with Crippen LogP contribution in [-0.2, 0) is 9.53 Å². The van der Waals surface area contributed by atoms with Gasteiger partial charge in [0.2, 0.25) is 0 Å². The number of nitrogens with zero attached hydrogens (tertiary/aromatic N) is 1. The Morgan fingerprint density at radius 3 is 2.48 bits per heavy atom. The molecule has 0 N–H and O–H groups in total. The number of halogens is 1. The summed E-state index contributed by atoms with van der Waals surface area (Å²) in [7, 11) is 1.42. The summed E-state index contributed by atoms with van der Waals surface area (Å²) >= 11 is 0. The van der Waals surface area contributed by atoms with Crippen molar-refractivity contribution >= 4 is 22.6 Å². The van der Waals surface area contributed by atoms with E-state index >= 15 is 0 Å². The van der Waals surface area contributed by atoms with E-state index in [2.05, 4.69) is 0 Å². The van der Waals surface area contributed by atoms with Gasteiger partial charge in [-0.15, -0.1) is 0 Å². The predicted octanol–water partition coefficient (Wildman–Crippen LogP) is 3.39. The molecule has 2 aliphatic rings. The summed E-state index contributed by atoms with van der Waals surface area (Å²) in [4.78, 5) is 26.5. The maximum Gasteiger partial charge on any atom is 0.309 e. The molecule has 0 unspecified atom stereocenters. The zero-order chi connectivity index (χ0) is 17.6. The third-order valence-corrected chi connectivity index (χ3v) is 5.82. The Kier molecular flexibility index (Phi) is 3.74. The summed E-state index contributed by atoms with van der Waals surface area (Å²) in [5.41, 5.74) is 0.558. The van der Waals surface area contributed by atoms with Crippen LogP contribution in [0.3, 0.4) is 0 Å². The lowest BCUT2D eigenvalue weighted by atomic mass is 9.90. The molecule has 4 rings (SSSR count). The minimum absolute atomic E-state index is 0.0126. The van der Waals surface area contributed by atoms with Gasteiger partial charge in [-0.3, -0.25) is 9.59 Å². The number of hydrogen-bond donors (Lipinski definition) is 0. The lowest BCUT2D eigenvalue weighted by molar-refractivity contribution is -0.143. The van der Waals surface area contributed by atoms with Crippen molar-refractivity contribution in [1.29, 1.82) is 0 Å². The van der Waals surface area contributed by atoms with E-state index in [-0.39, 0.29) is 29.0 Å². The number of carbonyl (C=O) groups is 2. The minimum Gasteiger partial charge on any atom is -0.469 e. The molecule has 1 aliphatic carbocycles. The van der Waals surface area contributed by atoms with Crippen LogP contribution in [0.4, 0.5) is 4.39 Å². The third-order valence-electron chi connectivity index (χ3n) is 5.82. The van der Waals surface area contributed by atoms with Gasteiger partial charge in [0.15, 0.2) is 0 Å². The highest BCUT2D eigenvalue weighted by Crippen LogP contribution is 2.59. The van der Waals surface area contributed by atoms with Crippen LogP contribution in [0.2, 0.25) is 0 Å². The number of hydrogen-bond acceptors (Lipinski definition) is 3. The van der Waals surface area contributed by atoms with Crippen molar-refractivity contribution in [2.75, 3.05) is 20.2 Å². The van der Waals surface area contributed by atoms with Gasteiger partial charge in [-0.05, 0) is 42.2 Å². The van der Waals surface area contributed by atoms with Crippen LogP contribution in [0.1, 0.15) is 29.6 Å². The Labute approximate surface area is 145 Å². The highest BCUT2D eigenvalue weighted by molar-refractivity contribution is 6.07. The van der Waals surface area contributed by atoms with Gasteiger partial charge in [0.1, 0.15) is 5.82 Å². The molecule has 1 saturated heterocycles. The van der Waals surface area contributed by atoms with E-state index in [9.17, 15) is 14.0 Å². The van der Waals surface area contributed by atoms with Gasteiger partial charge in [0, 0.05) is 24.0 Å². The van der Waals surface area contributed by atoms with Crippen molar-refractivity contribution in [2.45, 2.75) is 19.3 Å². The zero-order valence-electron chi connectivity index (χ0n) is 14.1. The molecular formula is C20H20FNO3. The second-order valence-electron chi connectivity index (χ2n) is 7.07. The van der Waals surface area contributed by atoms with Crippen LogP contribution in [0.15, 0.2) is 36.4 Å². The fourth-order valence-electron chi connectivity index (χ4n) is 4.15. The molecule has 1 atom stereocenters. The number of ether oxygens (including phenoxy) is 1. The van der Waals surface area contributed by atoms with E-state index in [4.69, 9.17) is 4.74 Å². The molecule has 1 spiro atoms. The molecule has 130 valence electrons. The first-order chi connectivity index (χ1) is 12.1. The second kappa shape index (κ2) is 5.83. The molecule has 2 fully saturated rings. The standard InChI is InChI=1S/C20H20FNO3/c1-25-19(24)16-12-20(16)8-10-22(11-9-20)18(23)15-6-7-17(21)14-5-3-2-4-13(14)15/h2-7,16H,8-12H2,1H3/t16-/m1/s1. The number of esters is 1. The molecule has 1 saturated carbocycles. The Hall–Kier alpha value is -2.43. The Bertz CT molecular complexity index is 855. The summed E-state index contributed by atoms with van der Waals surface area (Å²) in [6, 6.07) is 9.98. The first-order valence-corrected chi connectivity index (χ1v) is 8.60. The van der Waals surface area contributed by atoms with E-state index in [1.807, 2.05) is 11.0 Å². The van der Waals surface area contributed by atoms with E-state index in [1.165, 1.54) is 13.2 Å². The normalized spacial score (nSPS) is 21.4. The van der Waals surface area contributed by atoms with Crippen LogP contribution in [0.5, 0.6) is 0 Å².